The molecule has 1 aromatic carbocycles. The smallest absolute Gasteiger partial charge is 0.253 e. The highest BCUT2D eigenvalue weighted by atomic mass is 16.5. The molecule has 1 aliphatic carbocycles. The standard InChI is InChI=1S/C21H33N3O2/c1-22(2)14-15-23(3)21(25)17-6-4-9-20(16-17)26-19-10-12-24(13-11-19)18-7-5-8-18/h4,6,9,16,18-19H,5,7-8,10-15H2,1-3H3. The van der Waals surface area contributed by atoms with E-state index in [1.54, 1.807) is 4.90 Å². The minimum absolute atomic E-state index is 0.0529. The van der Waals surface area contributed by atoms with Gasteiger partial charge in [0.2, 0.25) is 0 Å². The summed E-state index contributed by atoms with van der Waals surface area (Å²) < 4.78 is 6.20. The molecule has 0 atom stereocenters. The molecule has 0 N–H and O–H groups in total. The zero-order valence-electron chi connectivity index (χ0n) is 16.5. The molecule has 5 heteroatoms. The van der Waals surface area contributed by atoms with E-state index in [0.29, 0.717) is 5.56 Å². The number of hydrogen-bond donors (Lipinski definition) is 0. The first-order valence-electron chi connectivity index (χ1n) is 9.94. The van der Waals surface area contributed by atoms with Crippen LogP contribution in [0.25, 0.3) is 0 Å². The maximum atomic E-state index is 12.6. The highest BCUT2D eigenvalue weighted by Gasteiger charge is 2.29. The van der Waals surface area contributed by atoms with Crippen molar-refractivity contribution in [1.82, 2.24) is 14.7 Å². The van der Waals surface area contributed by atoms with Crippen LogP contribution in [0.1, 0.15) is 42.5 Å². The second kappa shape index (κ2) is 8.87. The van der Waals surface area contributed by atoms with Crippen LogP contribution in [0.15, 0.2) is 24.3 Å². The van der Waals surface area contributed by atoms with Gasteiger partial charge in [0.15, 0.2) is 0 Å². The summed E-state index contributed by atoms with van der Waals surface area (Å²) in [6.07, 6.45) is 6.57. The summed E-state index contributed by atoms with van der Waals surface area (Å²) in [7, 11) is 5.89. The third-order valence-electron chi connectivity index (χ3n) is 5.68. The molecule has 26 heavy (non-hydrogen) atoms. The van der Waals surface area contributed by atoms with Crippen LogP contribution in [0.3, 0.4) is 0 Å². The van der Waals surface area contributed by atoms with Crippen molar-refractivity contribution in [2.24, 2.45) is 0 Å². The van der Waals surface area contributed by atoms with Gasteiger partial charge in [-0.15, -0.1) is 0 Å². The summed E-state index contributed by atoms with van der Waals surface area (Å²) in [5, 5.41) is 0. The van der Waals surface area contributed by atoms with Crippen LogP contribution in [0.4, 0.5) is 0 Å². The Morgan fingerprint density at radius 2 is 1.85 bits per heavy atom. The van der Waals surface area contributed by atoms with Gasteiger partial charge in [0.05, 0.1) is 0 Å². The van der Waals surface area contributed by atoms with Crippen LogP contribution in [-0.2, 0) is 0 Å². The minimum Gasteiger partial charge on any atom is -0.490 e. The number of carbonyl (C=O) groups is 1. The molecular weight excluding hydrogens is 326 g/mol. The highest BCUT2D eigenvalue weighted by Crippen LogP contribution is 2.28. The summed E-state index contributed by atoms with van der Waals surface area (Å²) >= 11 is 0. The Bertz CT molecular complexity index is 593. The SMILES string of the molecule is CN(C)CCN(C)C(=O)c1cccc(OC2CCN(C3CCC3)CC2)c1. The summed E-state index contributed by atoms with van der Waals surface area (Å²) in [6.45, 7) is 3.86. The zero-order valence-corrected chi connectivity index (χ0v) is 16.5. The van der Waals surface area contributed by atoms with Crippen molar-refractivity contribution in [1.29, 1.82) is 0 Å². The predicted molar refractivity (Wildman–Crippen MR) is 105 cm³/mol. The Labute approximate surface area is 157 Å². The molecule has 1 aromatic rings. The quantitative estimate of drug-likeness (QED) is 0.750. The third kappa shape index (κ3) is 4.98. The Morgan fingerprint density at radius 1 is 1.12 bits per heavy atom. The Hall–Kier alpha value is -1.59. The van der Waals surface area contributed by atoms with Gasteiger partial charge in [0.25, 0.3) is 5.91 Å². The molecule has 2 aliphatic rings. The van der Waals surface area contributed by atoms with E-state index in [2.05, 4.69) is 9.80 Å². The summed E-state index contributed by atoms with van der Waals surface area (Å²) in [5.74, 6) is 0.871. The van der Waals surface area contributed by atoms with Crippen molar-refractivity contribution in [2.75, 3.05) is 47.3 Å². The topological polar surface area (TPSA) is 36.0 Å². The first-order valence-corrected chi connectivity index (χ1v) is 9.94. The molecule has 1 amide bonds. The molecule has 0 radical (unpaired) electrons. The second-order valence-electron chi connectivity index (χ2n) is 8.00. The number of likely N-dealkylation sites (tertiary alicyclic amines) is 1. The van der Waals surface area contributed by atoms with E-state index in [9.17, 15) is 4.79 Å². The first kappa shape index (κ1) is 19.2. The molecular formula is C21H33N3O2. The fraction of sp³-hybridized carbons (Fsp3) is 0.667. The van der Waals surface area contributed by atoms with Gasteiger partial charge in [-0.1, -0.05) is 12.5 Å². The van der Waals surface area contributed by atoms with Gasteiger partial charge >= 0.3 is 0 Å². The van der Waals surface area contributed by atoms with Gasteiger partial charge in [0, 0.05) is 44.8 Å². The van der Waals surface area contributed by atoms with Crippen molar-refractivity contribution in [3.63, 3.8) is 0 Å². The van der Waals surface area contributed by atoms with Crippen molar-refractivity contribution < 1.29 is 9.53 Å². The monoisotopic (exact) mass is 359 g/mol. The van der Waals surface area contributed by atoms with Gasteiger partial charge < -0.3 is 19.4 Å². The molecule has 5 nitrogen and oxygen atoms in total. The lowest BCUT2D eigenvalue weighted by atomic mass is 9.90. The number of ether oxygens (including phenoxy) is 1. The van der Waals surface area contributed by atoms with Crippen LogP contribution in [0.2, 0.25) is 0 Å². The van der Waals surface area contributed by atoms with E-state index in [-0.39, 0.29) is 12.0 Å². The predicted octanol–water partition coefficient (Wildman–Crippen LogP) is 2.72. The Kier molecular flexibility index (Phi) is 6.54. The zero-order chi connectivity index (χ0) is 18.5. The van der Waals surface area contributed by atoms with E-state index < -0.39 is 0 Å². The number of piperidine rings is 1. The van der Waals surface area contributed by atoms with E-state index in [1.807, 2.05) is 45.4 Å². The van der Waals surface area contributed by atoms with Crippen molar-refractivity contribution in [3.8, 4) is 5.75 Å². The van der Waals surface area contributed by atoms with E-state index in [1.165, 1.54) is 19.3 Å². The average Bonchev–Trinajstić information content (AvgIpc) is 2.59. The van der Waals surface area contributed by atoms with Crippen LogP contribution >= 0.6 is 0 Å². The third-order valence-corrected chi connectivity index (χ3v) is 5.68. The fourth-order valence-corrected chi connectivity index (χ4v) is 3.68. The molecule has 2 fully saturated rings. The van der Waals surface area contributed by atoms with Gasteiger partial charge in [-0.3, -0.25) is 4.79 Å². The normalized spacial score (nSPS) is 19.4. The Morgan fingerprint density at radius 3 is 2.46 bits per heavy atom. The number of benzene rings is 1. The molecule has 0 spiro atoms. The number of likely N-dealkylation sites (N-methyl/N-ethyl adjacent to an activating group) is 2. The van der Waals surface area contributed by atoms with Crippen molar-refractivity contribution in [3.05, 3.63) is 29.8 Å². The number of nitrogens with zero attached hydrogens (tertiary/aromatic N) is 3. The maximum Gasteiger partial charge on any atom is 0.253 e. The summed E-state index contributed by atoms with van der Waals surface area (Å²) in [6, 6.07) is 8.49. The van der Waals surface area contributed by atoms with Gasteiger partial charge in [-0.05, 0) is 58.0 Å². The van der Waals surface area contributed by atoms with E-state index >= 15 is 0 Å². The average molecular weight is 360 g/mol. The largest absolute Gasteiger partial charge is 0.490 e. The van der Waals surface area contributed by atoms with Crippen molar-refractivity contribution >= 4 is 5.91 Å². The van der Waals surface area contributed by atoms with Crippen LogP contribution in [0, 0.1) is 0 Å². The van der Waals surface area contributed by atoms with Gasteiger partial charge in [-0.2, -0.15) is 0 Å². The number of hydrogen-bond acceptors (Lipinski definition) is 4. The number of amides is 1. The molecule has 1 aliphatic heterocycles. The maximum absolute atomic E-state index is 12.6. The van der Waals surface area contributed by atoms with Crippen molar-refractivity contribution in [2.45, 2.75) is 44.2 Å². The molecule has 144 valence electrons. The molecule has 1 saturated heterocycles. The van der Waals surface area contributed by atoms with Crippen LogP contribution in [0.5, 0.6) is 5.75 Å². The number of rotatable bonds is 7. The molecule has 3 rings (SSSR count). The second-order valence-corrected chi connectivity index (χ2v) is 8.00. The first-order chi connectivity index (χ1) is 12.5. The lowest BCUT2D eigenvalue weighted by Crippen LogP contribution is -2.46. The lowest BCUT2D eigenvalue weighted by Gasteiger charge is -2.41. The minimum atomic E-state index is 0.0529. The molecule has 1 heterocycles. The van der Waals surface area contributed by atoms with Crippen LogP contribution in [-0.4, -0.2) is 80.1 Å². The number of carbonyl (C=O) groups excluding carboxylic acids is 1. The molecule has 0 unspecified atom stereocenters. The highest BCUT2D eigenvalue weighted by molar-refractivity contribution is 5.94. The summed E-state index contributed by atoms with van der Waals surface area (Å²) in [5.41, 5.74) is 0.704. The molecule has 1 saturated carbocycles. The van der Waals surface area contributed by atoms with E-state index in [4.69, 9.17) is 4.74 Å². The van der Waals surface area contributed by atoms with Gasteiger partial charge in [0.1, 0.15) is 11.9 Å². The van der Waals surface area contributed by atoms with Gasteiger partial charge in [-0.25, -0.2) is 0 Å². The van der Waals surface area contributed by atoms with Crippen LogP contribution < -0.4 is 4.74 Å². The fourth-order valence-electron chi connectivity index (χ4n) is 3.68. The Balaban J connectivity index is 1.51. The molecule has 0 aromatic heterocycles. The summed E-state index contributed by atoms with van der Waals surface area (Å²) in [4.78, 5) is 19.1. The molecule has 0 bridgehead atoms. The van der Waals surface area contributed by atoms with E-state index in [0.717, 1.165) is 50.8 Å². The lowest BCUT2D eigenvalue weighted by molar-refractivity contribution is 0.0492.